The van der Waals surface area contributed by atoms with Gasteiger partial charge >= 0.3 is 0 Å². The van der Waals surface area contributed by atoms with Crippen LogP contribution in [0.5, 0.6) is 0 Å². The topological polar surface area (TPSA) is 73.8 Å². The molecule has 0 bridgehead atoms. The van der Waals surface area contributed by atoms with Gasteiger partial charge < -0.3 is 10.3 Å². The highest BCUT2D eigenvalue weighted by Crippen LogP contribution is 2.21. The van der Waals surface area contributed by atoms with E-state index in [1.54, 1.807) is 13.0 Å². The summed E-state index contributed by atoms with van der Waals surface area (Å²) in [7, 11) is 0. The van der Waals surface area contributed by atoms with Crippen LogP contribution in [0.15, 0.2) is 17.8 Å². The number of aryl methyl sites for hydroxylation is 1. The molecule has 1 heterocycles. The molecule has 2 N–H and O–H groups in total. The van der Waals surface area contributed by atoms with Crippen LogP contribution in [0.4, 0.5) is 0 Å². The van der Waals surface area contributed by atoms with Gasteiger partial charge in [0.2, 0.25) is 5.91 Å². The van der Waals surface area contributed by atoms with Crippen LogP contribution in [-0.2, 0) is 11.3 Å². The second kappa shape index (κ2) is 4.97. The monoisotopic (exact) mass is 226 g/mol. The molecule has 0 saturated carbocycles. The number of carbonyl (C=O) groups excluding carboxylic acids is 1. The Morgan fingerprint density at radius 2 is 2.40 bits per heavy atom. The number of amides is 1. The van der Waals surface area contributed by atoms with Gasteiger partial charge in [-0.3, -0.25) is 4.79 Å². The number of aromatic nitrogens is 3. The van der Waals surface area contributed by atoms with Crippen molar-refractivity contribution in [1.29, 1.82) is 0 Å². The molecule has 0 aliphatic rings. The van der Waals surface area contributed by atoms with Crippen LogP contribution < -0.4 is 5.73 Å². The minimum Gasteiger partial charge on any atom is -0.369 e. The number of allylic oxidation sites excluding steroid dienone is 1. The van der Waals surface area contributed by atoms with E-state index in [4.69, 9.17) is 5.73 Å². The van der Waals surface area contributed by atoms with Gasteiger partial charge in [0.15, 0.2) is 5.16 Å². The van der Waals surface area contributed by atoms with Crippen molar-refractivity contribution in [2.24, 2.45) is 5.73 Å². The molecule has 1 amide bonds. The maximum atomic E-state index is 10.9. The predicted octanol–water partition coefficient (Wildman–Crippen LogP) is 0.738. The lowest BCUT2D eigenvalue weighted by molar-refractivity contribution is -0.117. The number of hydrogen-bond donors (Lipinski definition) is 1. The minimum atomic E-state index is -0.356. The molecule has 0 aliphatic carbocycles. The number of rotatable bonds is 5. The first-order chi connectivity index (χ1) is 7.06. The van der Waals surface area contributed by atoms with Crippen molar-refractivity contribution in [2.75, 3.05) is 0 Å². The summed E-state index contributed by atoms with van der Waals surface area (Å²) in [6, 6.07) is 0. The lowest BCUT2D eigenvalue weighted by atomic mass is 10.5. The number of primary amides is 1. The van der Waals surface area contributed by atoms with E-state index < -0.39 is 0 Å². The molecule has 1 rings (SSSR count). The first kappa shape index (κ1) is 11.8. The first-order valence-corrected chi connectivity index (χ1v) is 5.41. The van der Waals surface area contributed by atoms with Crippen LogP contribution in [0.2, 0.25) is 0 Å². The van der Waals surface area contributed by atoms with Crippen LogP contribution in [0, 0.1) is 6.92 Å². The van der Waals surface area contributed by atoms with E-state index in [9.17, 15) is 4.79 Å². The molecule has 0 radical (unpaired) electrons. The molecule has 1 aromatic rings. The van der Waals surface area contributed by atoms with Gasteiger partial charge in [-0.25, -0.2) is 0 Å². The Balaban J connectivity index is 2.84. The summed E-state index contributed by atoms with van der Waals surface area (Å²) in [5, 5.41) is 8.30. The zero-order valence-electron chi connectivity index (χ0n) is 8.80. The molecule has 0 fully saturated rings. The number of hydrogen-bond acceptors (Lipinski definition) is 4. The van der Waals surface area contributed by atoms with Crippen LogP contribution in [0.3, 0.4) is 0 Å². The summed E-state index contributed by atoms with van der Waals surface area (Å²) in [5.74, 6) is 0.444. The normalized spacial score (nSPS) is 12.4. The van der Waals surface area contributed by atoms with Crippen LogP contribution >= 0.6 is 11.8 Å². The van der Waals surface area contributed by atoms with E-state index in [0.29, 0.717) is 11.7 Å². The Hall–Kier alpha value is -1.30. The lowest BCUT2D eigenvalue weighted by Crippen LogP contribution is -2.23. The fourth-order valence-corrected chi connectivity index (χ4v) is 1.86. The van der Waals surface area contributed by atoms with Gasteiger partial charge in [0.1, 0.15) is 5.82 Å². The van der Waals surface area contributed by atoms with E-state index in [2.05, 4.69) is 16.8 Å². The molecular formula is C9H14N4OS. The highest BCUT2D eigenvalue weighted by atomic mass is 32.2. The standard InChI is InChI=1S/C9H14N4OS/c1-4-5-13-7(3)11-12-9(13)15-6(2)8(10)14/h4,6H,1,5H2,2-3H3,(H2,10,14)/t6-/m0/s1. The molecule has 0 aromatic carbocycles. The second-order valence-electron chi connectivity index (χ2n) is 3.09. The third-order valence-corrected chi connectivity index (χ3v) is 3.00. The number of nitrogens with zero attached hydrogens (tertiary/aromatic N) is 3. The molecule has 0 aliphatic heterocycles. The van der Waals surface area contributed by atoms with Gasteiger partial charge in [0, 0.05) is 6.54 Å². The van der Waals surface area contributed by atoms with Gasteiger partial charge in [-0.2, -0.15) is 0 Å². The summed E-state index contributed by atoms with van der Waals surface area (Å²) < 4.78 is 1.89. The third-order valence-electron chi connectivity index (χ3n) is 1.90. The number of thioether (sulfide) groups is 1. The van der Waals surface area contributed by atoms with Crippen molar-refractivity contribution in [3.05, 3.63) is 18.5 Å². The number of carbonyl (C=O) groups is 1. The summed E-state index contributed by atoms with van der Waals surface area (Å²) in [4.78, 5) is 10.9. The Kier molecular flexibility index (Phi) is 3.90. The Labute approximate surface area is 92.7 Å². The Bertz CT molecular complexity index is 374. The van der Waals surface area contributed by atoms with Crippen molar-refractivity contribution >= 4 is 17.7 Å². The van der Waals surface area contributed by atoms with Crippen molar-refractivity contribution in [1.82, 2.24) is 14.8 Å². The summed E-state index contributed by atoms with van der Waals surface area (Å²) >= 11 is 1.31. The lowest BCUT2D eigenvalue weighted by Gasteiger charge is -2.07. The van der Waals surface area contributed by atoms with E-state index >= 15 is 0 Å². The van der Waals surface area contributed by atoms with Gasteiger partial charge in [-0.1, -0.05) is 17.8 Å². The van der Waals surface area contributed by atoms with Crippen LogP contribution in [-0.4, -0.2) is 25.9 Å². The van der Waals surface area contributed by atoms with E-state index in [1.165, 1.54) is 11.8 Å². The number of nitrogens with two attached hydrogens (primary N) is 1. The maximum absolute atomic E-state index is 10.9. The predicted molar refractivity (Wildman–Crippen MR) is 59.5 cm³/mol. The van der Waals surface area contributed by atoms with E-state index in [-0.39, 0.29) is 11.2 Å². The maximum Gasteiger partial charge on any atom is 0.230 e. The van der Waals surface area contributed by atoms with Crippen molar-refractivity contribution in [3.63, 3.8) is 0 Å². The zero-order chi connectivity index (χ0) is 11.4. The molecule has 6 heteroatoms. The first-order valence-electron chi connectivity index (χ1n) is 4.53. The van der Waals surface area contributed by atoms with E-state index in [1.807, 2.05) is 11.5 Å². The largest absolute Gasteiger partial charge is 0.369 e. The van der Waals surface area contributed by atoms with Crippen LogP contribution in [0.1, 0.15) is 12.7 Å². The minimum absolute atomic E-state index is 0.308. The Morgan fingerprint density at radius 3 is 2.93 bits per heavy atom. The molecule has 0 saturated heterocycles. The SMILES string of the molecule is C=CCn1c(C)nnc1S[C@@H](C)C(N)=O. The summed E-state index contributed by atoms with van der Waals surface area (Å²) in [5.41, 5.74) is 5.18. The van der Waals surface area contributed by atoms with Crippen molar-refractivity contribution < 1.29 is 4.79 Å². The smallest absolute Gasteiger partial charge is 0.230 e. The van der Waals surface area contributed by atoms with Crippen molar-refractivity contribution in [3.8, 4) is 0 Å². The molecular weight excluding hydrogens is 212 g/mol. The second-order valence-corrected chi connectivity index (χ2v) is 4.40. The molecule has 1 atom stereocenters. The zero-order valence-corrected chi connectivity index (χ0v) is 9.62. The summed E-state index contributed by atoms with van der Waals surface area (Å²) in [6.07, 6.45) is 1.76. The molecule has 15 heavy (non-hydrogen) atoms. The van der Waals surface area contributed by atoms with Crippen molar-refractivity contribution in [2.45, 2.75) is 30.8 Å². The summed E-state index contributed by atoms with van der Waals surface area (Å²) in [6.45, 7) is 7.89. The molecule has 5 nitrogen and oxygen atoms in total. The highest BCUT2D eigenvalue weighted by Gasteiger charge is 2.15. The molecule has 1 aromatic heterocycles. The Morgan fingerprint density at radius 1 is 1.73 bits per heavy atom. The van der Waals surface area contributed by atoms with Gasteiger partial charge in [0.25, 0.3) is 0 Å². The van der Waals surface area contributed by atoms with Gasteiger partial charge in [-0.05, 0) is 13.8 Å². The van der Waals surface area contributed by atoms with Crippen LogP contribution in [0.25, 0.3) is 0 Å². The average Bonchev–Trinajstić information content (AvgIpc) is 2.50. The molecule has 0 unspecified atom stereocenters. The average molecular weight is 226 g/mol. The van der Waals surface area contributed by atoms with E-state index in [0.717, 1.165) is 5.82 Å². The highest BCUT2D eigenvalue weighted by molar-refractivity contribution is 8.00. The molecule has 82 valence electrons. The van der Waals surface area contributed by atoms with Gasteiger partial charge in [0.05, 0.1) is 5.25 Å². The fourth-order valence-electron chi connectivity index (χ4n) is 1.00. The third kappa shape index (κ3) is 2.82. The fraction of sp³-hybridized carbons (Fsp3) is 0.444. The van der Waals surface area contributed by atoms with Gasteiger partial charge in [-0.15, -0.1) is 16.8 Å². The quantitative estimate of drug-likeness (QED) is 0.593. The molecule has 0 spiro atoms.